The van der Waals surface area contributed by atoms with E-state index in [0.29, 0.717) is 0 Å². The highest BCUT2D eigenvalue weighted by molar-refractivity contribution is 7.59. The van der Waals surface area contributed by atoms with E-state index in [-0.39, 0.29) is 36.5 Å². The summed E-state index contributed by atoms with van der Waals surface area (Å²) in [6, 6.07) is 0. The van der Waals surface area contributed by atoms with Gasteiger partial charge in [0.05, 0.1) is 23.7 Å². The summed E-state index contributed by atoms with van der Waals surface area (Å²) in [5.41, 5.74) is 0. The Labute approximate surface area is 63.9 Å². The largest absolute Gasteiger partial charge is 0.197 e. The Morgan fingerprint density at radius 1 is 1.20 bits per heavy atom. The first-order valence-electron chi connectivity index (χ1n) is 0.309. The first-order chi connectivity index (χ1) is 1.41. The van der Waals surface area contributed by atoms with Gasteiger partial charge in [0.15, 0.2) is 0 Å². The predicted molar refractivity (Wildman–Crippen MR) is 28.9 cm³/mol. The van der Waals surface area contributed by atoms with Crippen molar-refractivity contribution < 1.29 is 3.84 Å². The zero-order chi connectivity index (χ0) is 2.71. The summed E-state index contributed by atoms with van der Waals surface area (Å²) in [7, 11) is 0. The monoisotopic (exact) mass is 144 g/mol. The van der Waals surface area contributed by atoms with Crippen LogP contribution in [0.3, 0.4) is 0 Å². The van der Waals surface area contributed by atoms with Crippen LogP contribution < -0.4 is 0 Å². The molecule has 2 radical (unpaired) electrons. The van der Waals surface area contributed by atoms with Gasteiger partial charge in [-0.15, -0.1) is 0 Å². The Morgan fingerprint density at radius 2 is 1.20 bits per heavy atom. The molecule has 0 bridgehead atoms. The van der Waals surface area contributed by atoms with Gasteiger partial charge in [0, 0.05) is 23.1 Å². The molecule has 0 aliphatic rings. The molecule has 0 saturated heterocycles. The van der Waals surface area contributed by atoms with Crippen LogP contribution >= 0.6 is 37.2 Å². The number of hydrogen-bond acceptors (Lipinski definition) is 1. The molecular formula is H2Cl2MgOS. The third kappa shape index (κ3) is 27.6. The van der Waals surface area contributed by atoms with Gasteiger partial charge in [-0.1, -0.05) is 0 Å². The molecule has 0 amide bonds. The average Bonchev–Trinajstić information content (AvgIpc) is 0.918. The van der Waals surface area contributed by atoms with Crippen molar-refractivity contribution in [3.8, 4) is 0 Å². The highest BCUT2D eigenvalue weighted by atomic mass is 35.6. The minimum atomic E-state index is 0. The molecule has 0 aliphatic carbocycles. The molecule has 0 aromatic heterocycles. The van der Waals surface area contributed by atoms with Crippen molar-refractivity contribution in [3.05, 3.63) is 0 Å². The van der Waals surface area contributed by atoms with Crippen molar-refractivity contribution in [1.82, 2.24) is 0 Å². The van der Waals surface area contributed by atoms with Crippen LogP contribution in [0, 0.1) is 0 Å². The van der Waals surface area contributed by atoms with Gasteiger partial charge in [0.2, 0.25) is 0 Å². The van der Waals surface area contributed by atoms with E-state index >= 15 is 0 Å². The van der Waals surface area contributed by atoms with Crippen LogP contribution in [0.1, 0.15) is 0 Å². The van der Waals surface area contributed by atoms with Crippen LogP contribution in [0.4, 0.5) is 0 Å². The first kappa shape index (κ1) is 15.9. The summed E-state index contributed by atoms with van der Waals surface area (Å²) >= 11 is 8.53. The molecule has 0 unspecified atom stereocenters. The van der Waals surface area contributed by atoms with Gasteiger partial charge in [-0.05, 0) is 0 Å². The van der Waals surface area contributed by atoms with Crippen molar-refractivity contribution in [2.24, 2.45) is 0 Å². The van der Waals surface area contributed by atoms with E-state index in [9.17, 15) is 0 Å². The zero-order valence-corrected chi connectivity index (χ0v) is 6.30. The minimum Gasteiger partial charge on any atom is -0.197 e. The van der Waals surface area contributed by atoms with E-state index < -0.39 is 0 Å². The average molecular weight is 145 g/mol. The summed E-state index contributed by atoms with van der Waals surface area (Å²) in [6.07, 6.45) is 0. The van der Waals surface area contributed by atoms with Crippen molar-refractivity contribution in [2.45, 2.75) is 0 Å². The highest BCUT2D eigenvalue weighted by Gasteiger charge is 1.38. The van der Waals surface area contributed by atoms with Crippen molar-refractivity contribution in [3.63, 3.8) is 0 Å². The molecule has 0 saturated carbocycles. The maximum atomic E-state index is 4.26. The standard InChI is InChI=1S/Cl2O.Mg.H2S/c1-3-2;;/h;;1H2. The second-order valence-corrected chi connectivity index (χ2v) is 0.525. The Hall–Kier alpha value is 1.66. The van der Waals surface area contributed by atoms with E-state index in [2.05, 4.69) is 27.6 Å². The lowest BCUT2D eigenvalue weighted by molar-refractivity contribution is 0.697. The van der Waals surface area contributed by atoms with Crippen LogP contribution in [0.25, 0.3) is 0 Å². The molecule has 5 heavy (non-hydrogen) atoms. The van der Waals surface area contributed by atoms with Crippen molar-refractivity contribution >= 4 is 60.3 Å². The van der Waals surface area contributed by atoms with E-state index in [4.69, 9.17) is 0 Å². The molecular weight excluding hydrogens is 143 g/mol. The molecule has 0 spiro atoms. The lowest BCUT2D eigenvalue weighted by Crippen LogP contribution is -1.15. The molecule has 5 heteroatoms. The Kier molecular flexibility index (Phi) is 55.4. The Morgan fingerprint density at radius 3 is 1.20 bits per heavy atom. The lowest BCUT2D eigenvalue weighted by atomic mass is 15.9. The predicted octanol–water partition coefficient (Wildman–Crippen LogP) is 1.04. The molecule has 0 fully saturated rings. The normalized spacial score (nSPS) is 3.60. The number of halogens is 2. The summed E-state index contributed by atoms with van der Waals surface area (Å²) < 4.78 is 3.19. The SMILES string of the molecule is ClOCl.S.[Mg]. The first-order valence-corrected chi connectivity index (χ1v) is 0.926. The summed E-state index contributed by atoms with van der Waals surface area (Å²) in [6.45, 7) is 0. The summed E-state index contributed by atoms with van der Waals surface area (Å²) in [5.74, 6) is 0. The van der Waals surface area contributed by atoms with Gasteiger partial charge in [-0.2, -0.15) is 17.3 Å². The molecule has 0 N–H and O–H groups in total. The Balaban J connectivity index is -0.0000000200. The number of rotatable bonds is 0. The molecule has 0 atom stereocenters. The van der Waals surface area contributed by atoms with E-state index in [1.807, 2.05) is 0 Å². The molecule has 1 nitrogen and oxygen atoms in total. The van der Waals surface area contributed by atoms with Gasteiger partial charge >= 0.3 is 0 Å². The van der Waals surface area contributed by atoms with E-state index in [1.54, 1.807) is 0 Å². The molecule has 0 aliphatic heterocycles. The lowest BCUT2D eigenvalue weighted by Gasteiger charge is -1.46. The van der Waals surface area contributed by atoms with Gasteiger partial charge in [-0.25, -0.2) is 0 Å². The van der Waals surface area contributed by atoms with Crippen LogP contribution in [0.5, 0.6) is 0 Å². The fourth-order valence-corrected chi connectivity index (χ4v) is 0. The maximum Gasteiger partial charge on any atom is 0.0832 e. The van der Waals surface area contributed by atoms with E-state index in [1.165, 1.54) is 0 Å². The molecule has 0 rings (SSSR count). The molecule has 0 heterocycles. The van der Waals surface area contributed by atoms with Crippen LogP contribution in [0.2, 0.25) is 0 Å². The summed E-state index contributed by atoms with van der Waals surface area (Å²) in [5, 5.41) is 0. The van der Waals surface area contributed by atoms with Crippen LogP contribution in [-0.2, 0) is 3.84 Å². The van der Waals surface area contributed by atoms with E-state index in [0.717, 1.165) is 0 Å². The van der Waals surface area contributed by atoms with Crippen LogP contribution in [0.15, 0.2) is 0 Å². The van der Waals surface area contributed by atoms with Gasteiger partial charge < -0.3 is 0 Å². The molecule has 0 aromatic rings. The van der Waals surface area contributed by atoms with Gasteiger partial charge in [-0.3, -0.25) is 0 Å². The number of hydrogen-bond donors (Lipinski definition) is 0. The molecule has 30 valence electrons. The van der Waals surface area contributed by atoms with Crippen molar-refractivity contribution in [1.29, 1.82) is 0 Å². The maximum absolute atomic E-state index is 4.26. The highest BCUT2D eigenvalue weighted by Crippen LogP contribution is 1.78. The fraction of sp³-hybridized carbons (Fsp3) is 0. The minimum absolute atomic E-state index is 0. The summed E-state index contributed by atoms with van der Waals surface area (Å²) in [4.78, 5) is 0. The third-order valence-corrected chi connectivity index (χ3v) is 0. The molecule has 0 aromatic carbocycles. The van der Waals surface area contributed by atoms with Crippen molar-refractivity contribution in [2.75, 3.05) is 0 Å². The smallest absolute Gasteiger partial charge is 0.0832 e. The van der Waals surface area contributed by atoms with Gasteiger partial charge in [0.25, 0.3) is 0 Å². The second-order valence-electron chi connectivity index (χ2n) is 0.0583. The van der Waals surface area contributed by atoms with Crippen LogP contribution in [-0.4, -0.2) is 23.1 Å². The topological polar surface area (TPSA) is 9.23 Å². The third-order valence-electron chi connectivity index (χ3n) is 0. The Bertz CT molecular complexity index is 9.61. The quantitative estimate of drug-likeness (QED) is 0.463. The van der Waals surface area contributed by atoms with Gasteiger partial charge in [0.1, 0.15) is 0 Å². The fourth-order valence-electron chi connectivity index (χ4n) is 0. The second kappa shape index (κ2) is 17.4. The zero-order valence-electron chi connectivity index (χ0n) is 2.37.